The maximum atomic E-state index is 12.5. The summed E-state index contributed by atoms with van der Waals surface area (Å²) in [5.41, 5.74) is 0.660. The Hall–Kier alpha value is -2.97. The summed E-state index contributed by atoms with van der Waals surface area (Å²) in [7, 11) is 0. The molecule has 0 unspecified atom stereocenters. The number of carbonyl (C=O) groups is 2. The van der Waals surface area contributed by atoms with Crippen LogP contribution < -0.4 is 5.32 Å². The molecule has 2 fully saturated rings. The maximum Gasteiger partial charge on any atom is 0.321 e. The Morgan fingerprint density at radius 1 is 1.28 bits per heavy atom. The normalized spacial score (nSPS) is 25.0. The molecular formula is C16H18N6O3. The molecule has 4 rings (SSSR count). The highest BCUT2D eigenvalue weighted by Gasteiger charge is 2.55. The molecule has 1 aliphatic carbocycles. The number of tetrazole rings is 1. The zero-order valence-corrected chi connectivity index (χ0v) is 13.5. The lowest BCUT2D eigenvalue weighted by Gasteiger charge is -2.23. The number of nitrogens with zero attached hydrogens (tertiary/aromatic N) is 5. The zero-order valence-electron chi connectivity index (χ0n) is 13.5. The molecule has 0 radical (unpaired) electrons. The van der Waals surface area contributed by atoms with E-state index in [1.54, 1.807) is 29.2 Å². The van der Waals surface area contributed by atoms with Gasteiger partial charge in [0.15, 0.2) is 0 Å². The lowest BCUT2D eigenvalue weighted by Crippen LogP contribution is -2.38. The number of carbonyl (C=O) groups excluding carboxylic acids is 1. The van der Waals surface area contributed by atoms with Gasteiger partial charge in [0, 0.05) is 18.8 Å². The molecule has 9 heteroatoms. The van der Waals surface area contributed by atoms with Crippen molar-refractivity contribution in [3.63, 3.8) is 0 Å². The SMILES string of the molecule is O=C(Nc1ccc(-n2cnnn2)cc1)N1C[C@@H]2CCC[C@@]2(C(=O)O)C1. The van der Waals surface area contributed by atoms with Crippen LogP contribution in [-0.4, -0.2) is 55.3 Å². The second kappa shape index (κ2) is 5.83. The number of benzene rings is 1. The fraction of sp³-hybridized carbons (Fsp3) is 0.438. The number of carboxylic acids is 1. The van der Waals surface area contributed by atoms with E-state index in [0.29, 0.717) is 18.7 Å². The highest BCUT2D eigenvalue weighted by Crippen LogP contribution is 2.48. The first-order chi connectivity index (χ1) is 12.1. The van der Waals surface area contributed by atoms with Gasteiger partial charge >= 0.3 is 12.0 Å². The smallest absolute Gasteiger partial charge is 0.321 e. The van der Waals surface area contributed by atoms with Gasteiger partial charge in [-0.05, 0) is 53.5 Å². The van der Waals surface area contributed by atoms with E-state index in [-0.39, 0.29) is 18.5 Å². The van der Waals surface area contributed by atoms with Gasteiger partial charge in [0.1, 0.15) is 6.33 Å². The van der Waals surface area contributed by atoms with E-state index >= 15 is 0 Å². The van der Waals surface area contributed by atoms with Gasteiger partial charge in [-0.15, -0.1) is 5.10 Å². The Balaban J connectivity index is 1.43. The van der Waals surface area contributed by atoms with E-state index in [1.165, 1.54) is 11.0 Å². The van der Waals surface area contributed by atoms with Gasteiger partial charge in [-0.1, -0.05) is 6.42 Å². The van der Waals surface area contributed by atoms with Crippen LogP contribution in [0.3, 0.4) is 0 Å². The highest BCUT2D eigenvalue weighted by molar-refractivity contribution is 5.90. The average molecular weight is 342 g/mol. The topological polar surface area (TPSA) is 113 Å². The molecular weight excluding hydrogens is 324 g/mol. The van der Waals surface area contributed by atoms with Crippen molar-refractivity contribution in [1.29, 1.82) is 0 Å². The van der Waals surface area contributed by atoms with Gasteiger partial charge in [0.2, 0.25) is 0 Å². The number of carboxylic acid groups (broad SMARTS) is 1. The molecule has 2 heterocycles. The molecule has 130 valence electrons. The fourth-order valence-electron chi connectivity index (χ4n) is 3.97. The lowest BCUT2D eigenvalue weighted by atomic mass is 9.81. The van der Waals surface area contributed by atoms with Crippen LogP contribution in [0.2, 0.25) is 0 Å². The summed E-state index contributed by atoms with van der Waals surface area (Å²) >= 11 is 0. The van der Waals surface area contributed by atoms with Gasteiger partial charge in [-0.3, -0.25) is 4.79 Å². The number of likely N-dealkylation sites (tertiary alicyclic amines) is 1. The molecule has 1 saturated carbocycles. The van der Waals surface area contributed by atoms with Crippen molar-refractivity contribution in [3.05, 3.63) is 30.6 Å². The lowest BCUT2D eigenvalue weighted by molar-refractivity contribution is -0.149. The molecule has 0 spiro atoms. The van der Waals surface area contributed by atoms with Crippen molar-refractivity contribution in [2.45, 2.75) is 19.3 Å². The van der Waals surface area contributed by atoms with Crippen LogP contribution in [0.4, 0.5) is 10.5 Å². The zero-order chi connectivity index (χ0) is 17.4. The number of amides is 2. The van der Waals surface area contributed by atoms with Crippen molar-refractivity contribution in [2.24, 2.45) is 11.3 Å². The third kappa shape index (κ3) is 2.61. The van der Waals surface area contributed by atoms with Crippen LogP contribution >= 0.6 is 0 Å². The van der Waals surface area contributed by atoms with E-state index < -0.39 is 11.4 Å². The van der Waals surface area contributed by atoms with Crippen molar-refractivity contribution < 1.29 is 14.7 Å². The number of hydrogen-bond donors (Lipinski definition) is 2. The molecule has 1 saturated heterocycles. The molecule has 1 aromatic carbocycles. The standard InChI is InChI=1S/C16H18N6O3/c23-14(24)16-7-1-2-11(16)8-21(9-16)15(25)18-12-3-5-13(6-4-12)22-10-17-19-20-22/h3-6,10-11H,1-2,7-9H2,(H,18,25)(H,23,24)/t11-,16+/m0/s1. The molecule has 9 nitrogen and oxygen atoms in total. The van der Waals surface area contributed by atoms with Crippen LogP contribution in [0.15, 0.2) is 30.6 Å². The summed E-state index contributed by atoms with van der Waals surface area (Å²) in [4.78, 5) is 25.8. The summed E-state index contributed by atoms with van der Waals surface area (Å²) in [5, 5.41) is 23.4. The van der Waals surface area contributed by atoms with Crippen LogP contribution in [0, 0.1) is 11.3 Å². The number of rotatable bonds is 3. The second-order valence-corrected chi connectivity index (χ2v) is 6.66. The van der Waals surface area contributed by atoms with Crippen LogP contribution in [0.1, 0.15) is 19.3 Å². The molecule has 2 amide bonds. The molecule has 2 aromatic rings. The summed E-state index contributed by atoms with van der Waals surface area (Å²) in [6, 6.07) is 6.86. The number of fused-ring (bicyclic) bond motifs is 1. The van der Waals surface area contributed by atoms with E-state index in [1.807, 2.05) is 0 Å². The van der Waals surface area contributed by atoms with Crippen LogP contribution in [0.25, 0.3) is 5.69 Å². The molecule has 0 bridgehead atoms. The monoisotopic (exact) mass is 342 g/mol. The molecule has 2 N–H and O–H groups in total. The van der Waals surface area contributed by atoms with Crippen molar-refractivity contribution in [3.8, 4) is 5.69 Å². The Morgan fingerprint density at radius 2 is 2.08 bits per heavy atom. The Kier molecular flexibility index (Phi) is 3.63. The van der Waals surface area contributed by atoms with E-state index in [2.05, 4.69) is 20.8 Å². The van der Waals surface area contributed by atoms with Gasteiger partial charge in [-0.25, -0.2) is 9.48 Å². The number of anilines is 1. The highest BCUT2D eigenvalue weighted by atomic mass is 16.4. The summed E-state index contributed by atoms with van der Waals surface area (Å²) in [6.07, 6.45) is 3.93. The first-order valence-electron chi connectivity index (χ1n) is 8.21. The number of urea groups is 1. The Morgan fingerprint density at radius 3 is 2.72 bits per heavy atom. The van der Waals surface area contributed by atoms with E-state index in [4.69, 9.17) is 0 Å². The van der Waals surface area contributed by atoms with Crippen molar-refractivity contribution in [2.75, 3.05) is 18.4 Å². The van der Waals surface area contributed by atoms with Crippen LogP contribution in [-0.2, 0) is 4.79 Å². The maximum absolute atomic E-state index is 12.5. The number of aliphatic carboxylic acids is 1. The minimum Gasteiger partial charge on any atom is -0.481 e. The molecule has 1 aliphatic heterocycles. The van der Waals surface area contributed by atoms with Gasteiger partial charge < -0.3 is 15.3 Å². The minimum atomic E-state index is -0.781. The summed E-state index contributed by atoms with van der Waals surface area (Å²) in [5.74, 6) is -0.728. The van der Waals surface area contributed by atoms with Gasteiger partial charge in [-0.2, -0.15) is 0 Å². The largest absolute Gasteiger partial charge is 0.481 e. The summed E-state index contributed by atoms with van der Waals surface area (Å²) < 4.78 is 1.52. The quantitative estimate of drug-likeness (QED) is 0.871. The molecule has 2 aliphatic rings. The first kappa shape index (κ1) is 15.6. The Labute approximate surface area is 143 Å². The fourth-order valence-corrected chi connectivity index (χ4v) is 3.97. The Bertz CT molecular complexity index is 791. The van der Waals surface area contributed by atoms with Gasteiger partial charge in [0.05, 0.1) is 11.1 Å². The van der Waals surface area contributed by atoms with Crippen molar-refractivity contribution in [1.82, 2.24) is 25.1 Å². The molecule has 2 atom stereocenters. The number of aromatic nitrogens is 4. The third-order valence-corrected chi connectivity index (χ3v) is 5.32. The second-order valence-electron chi connectivity index (χ2n) is 6.66. The van der Waals surface area contributed by atoms with Gasteiger partial charge in [0.25, 0.3) is 0 Å². The van der Waals surface area contributed by atoms with E-state index in [0.717, 1.165) is 18.5 Å². The predicted octanol–water partition coefficient (Wildman–Crippen LogP) is 1.38. The third-order valence-electron chi connectivity index (χ3n) is 5.32. The molecule has 25 heavy (non-hydrogen) atoms. The number of nitrogens with one attached hydrogen (secondary N) is 1. The number of hydrogen-bond acceptors (Lipinski definition) is 5. The molecule has 1 aromatic heterocycles. The first-order valence-corrected chi connectivity index (χ1v) is 8.21. The summed E-state index contributed by atoms with van der Waals surface area (Å²) in [6.45, 7) is 0.780. The van der Waals surface area contributed by atoms with Crippen LogP contribution in [0.5, 0.6) is 0 Å². The predicted molar refractivity (Wildman–Crippen MR) is 87.2 cm³/mol. The minimum absolute atomic E-state index is 0.0536. The average Bonchev–Trinajstić information content (AvgIpc) is 3.31. The van der Waals surface area contributed by atoms with E-state index in [9.17, 15) is 14.7 Å². The van der Waals surface area contributed by atoms with Crippen molar-refractivity contribution >= 4 is 17.7 Å².